The summed E-state index contributed by atoms with van der Waals surface area (Å²) in [6.07, 6.45) is 9.04. The van der Waals surface area contributed by atoms with Gasteiger partial charge in [0, 0.05) is 43.7 Å². The van der Waals surface area contributed by atoms with E-state index in [-0.39, 0.29) is 17.7 Å². The molecule has 2 aromatic rings. The molecule has 2 fully saturated rings. The van der Waals surface area contributed by atoms with Crippen LogP contribution in [0, 0.1) is 6.92 Å². The van der Waals surface area contributed by atoms with Crippen molar-refractivity contribution in [1.82, 2.24) is 10.2 Å². The Balaban J connectivity index is 1.28. The molecule has 0 unspecified atom stereocenters. The Morgan fingerprint density at radius 3 is 2.12 bits per heavy atom. The molecule has 1 saturated heterocycles. The lowest BCUT2D eigenvalue weighted by molar-refractivity contribution is 0.0712. The van der Waals surface area contributed by atoms with Gasteiger partial charge in [-0.3, -0.25) is 9.59 Å². The second kappa shape index (κ2) is 9.53. The van der Waals surface area contributed by atoms with Gasteiger partial charge in [0.15, 0.2) is 0 Å². The zero-order valence-corrected chi connectivity index (χ0v) is 20.0. The molecule has 6 nitrogen and oxygen atoms in total. The molecule has 2 aliphatic heterocycles. The summed E-state index contributed by atoms with van der Waals surface area (Å²) in [7, 11) is 1.65. The smallest absolute Gasteiger partial charge is 0.254 e. The minimum Gasteiger partial charge on any atom is -0.355 e. The largest absolute Gasteiger partial charge is 0.355 e. The van der Waals surface area contributed by atoms with Crippen molar-refractivity contribution in [1.29, 1.82) is 0 Å². The summed E-state index contributed by atoms with van der Waals surface area (Å²) < 4.78 is 0. The van der Waals surface area contributed by atoms with Crippen LogP contribution >= 0.6 is 0 Å². The Hall–Kier alpha value is -3.28. The van der Waals surface area contributed by atoms with Crippen LogP contribution in [0.3, 0.4) is 0 Å². The molecule has 2 aromatic carbocycles. The van der Waals surface area contributed by atoms with Crippen LogP contribution < -0.4 is 5.32 Å². The summed E-state index contributed by atoms with van der Waals surface area (Å²) in [5.74, 6) is 0.995. The van der Waals surface area contributed by atoms with Gasteiger partial charge in [0.05, 0.1) is 5.92 Å². The summed E-state index contributed by atoms with van der Waals surface area (Å²) in [4.78, 5) is 28.0. The number of aryl methyl sites for hydroxylation is 1. The van der Waals surface area contributed by atoms with E-state index in [2.05, 4.69) is 45.9 Å². The normalized spacial score (nSPS) is 18.8. The average Bonchev–Trinajstić information content (AvgIpc) is 3.38. The third-order valence-electron chi connectivity index (χ3n) is 7.74. The quantitative estimate of drug-likeness (QED) is 0.702. The number of carbonyl (C=O) groups excluding carboxylic acids is 2. The summed E-state index contributed by atoms with van der Waals surface area (Å²) in [5, 5.41) is 10.6. The van der Waals surface area contributed by atoms with E-state index in [1.807, 2.05) is 30.3 Å². The van der Waals surface area contributed by atoms with E-state index in [4.69, 9.17) is 0 Å². The van der Waals surface area contributed by atoms with Crippen LogP contribution in [0.4, 0.5) is 0 Å². The van der Waals surface area contributed by atoms with E-state index >= 15 is 0 Å². The van der Waals surface area contributed by atoms with Crippen LogP contribution in [0.2, 0.25) is 0 Å². The monoisotopic (exact) mass is 456 g/mol. The van der Waals surface area contributed by atoms with Gasteiger partial charge in [-0.25, -0.2) is 0 Å². The first kappa shape index (κ1) is 22.5. The Morgan fingerprint density at radius 1 is 0.882 bits per heavy atom. The van der Waals surface area contributed by atoms with Crippen molar-refractivity contribution in [2.24, 2.45) is 10.2 Å². The second-order valence-corrected chi connectivity index (χ2v) is 9.75. The molecule has 2 amide bonds. The number of nitrogens with one attached hydrogen (secondary N) is 1. The SMILES string of the molecule is CNC(=O)c1cc(C(=O)N2CCC(c3ccc(C4C=NN=C4)cc3)CC2)c(C)cc1C1CCC1. The summed E-state index contributed by atoms with van der Waals surface area (Å²) in [6.45, 7) is 3.45. The molecule has 1 aliphatic carbocycles. The molecular weight excluding hydrogens is 424 g/mol. The Kier molecular flexibility index (Phi) is 6.31. The molecule has 6 heteroatoms. The first-order chi connectivity index (χ1) is 16.5. The highest BCUT2D eigenvalue weighted by Gasteiger charge is 2.29. The molecule has 0 radical (unpaired) electrons. The standard InChI is InChI=1S/C28H32N4O2/c1-18-14-25(22-4-3-5-22)26(27(33)29-2)15-24(18)28(34)32-12-10-21(11-13-32)19-6-8-20(9-7-19)23-16-30-31-17-23/h6-9,14-17,21-23H,3-5,10-13H2,1-2H3,(H,29,33). The third kappa shape index (κ3) is 4.29. The van der Waals surface area contributed by atoms with Crippen molar-refractivity contribution in [3.8, 4) is 0 Å². The first-order valence-electron chi connectivity index (χ1n) is 12.4. The third-order valence-corrected chi connectivity index (χ3v) is 7.74. The highest BCUT2D eigenvalue weighted by atomic mass is 16.2. The maximum Gasteiger partial charge on any atom is 0.254 e. The van der Waals surface area contributed by atoms with Crippen molar-refractivity contribution < 1.29 is 9.59 Å². The van der Waals surface area contributed by atoms with Gasteiger partial charge in [-0.05, 0) is 72.8 Å². The minimum atomic E-state index is -0.103. The topological polar surface area (TPSA) is 74.1 Å². The van der Waals surface area contributed by atoms with Crippen LogP contribution in [-0.4, -0.2) is 49.3 Å². The minimum absolute atomic E-state index is 0.0384. The summed E-state index contributed by atoms with van der Waals surface area (Å²) >= 11 is 0. The van der Waals surface area contributed by atoms with E-state index < -0.39 is 0 Å². The number of benzene rings is 2. The number of piperidine rings is 1. The van der Waals surface area contributed by atoms with Gasteiger partial charge in [0.2, 0.25) is 0 Å². The zero-order chi connectivity index (χ0) is 23.7. The highest BCUT2D eigenvalue weighted by molar-refractivity contribution is 6.01. The van der Waals surface area contributed by atoms with E-state index in [1.54, 1.807) is 7.05 Å². The van der Waals surface area contributed by atoms with Gasteiger partial charge in [-0.2, -0.15) is 10.2 Å². The van der Waals surface area contributed by atoms with E-state index in [9.17, 15) is 9.59 Å². The van der Waals surface area contributed by atoms with Crippen LogP contribution in [0.15, 0.2) is 46.6 Å². The lowest BCUT2D eigenvalue weighted by Crippen LogP contribution is -2.38. The van der Waals surface area contributed by atoms with Gasteiger partial charge in [-0.1, -0.05) is 36.8 Å². The van der Waals surface area contributed by atoms with Crippen LogP contribution in [0.1, 0.15) is 92.8 Å². The van der Waals surface area contributed by atoms with Crippen LogP contribution in [0.5, 0.6) is 0 Å². The lowest BCUT2D eigenvalue weighted by atomic mass is 9.77. The molecular formula is C28H32N4O2. The van der Waals surface area contributed by atoms with Gasteiger partial charge in [0.1, 0.15) is 0 Å². The molecule has 0 bridgehead atoms. The molecule has 34 heavy (non-hydrogen) atoms. The lowest BCUT2D eigenvalue weighted by Gasteiger charge is -2.33. The van der Waals surface area contributed by atoms with Crippen LogP contribution in [-0.2, 0) is 0 Å². The fourth-order valence-electron chi connectivity index (χ4n) is 5.36. The zero-order valence-electron chi connectivity index (χ0n) is 20.0. The maximum absolute atomic E-state index is 13.5. The molecule has 0 spiro atoms. The highest BCUT2D eigenvalue weighted by Crippen LogP contribution is 2.39. The molecule has 5 rings (SSSR count). The number of likely N-dealkylation sites (tertiary alicyclic amines) is 1. The van der Waals surface area contributed by atoms with Crippen molar-refractivity contribution >= 4 is 24.2 Å². The van der Waals surface area contributed by atoms with E-state index in [0.717, 1.165) is 49.9 Å². The number of hydrogen-bond acceptors (Lipinski definition) is 4. The fourth-order valence-corrected chi connectivity index (χ4v) is 5.36. The number of rotatable bonds is 5. The molecule has 3 aliphatic rings. The average molecular weight is 457 g/mol. The molecule has 0 atom stereocenters. The second-order valence-electron chi connectivity index (χ2n) is 9.75. The van der Waals surface area contributed by atoms with Crippen molar-refractivity contribution in [3.63, 3.8) is 0 Å². The van der Waals surface area contributed by atoms with Crippen molar-refractivity contribution in [2.45, 2.75) is 56.8 Å². The summed E-state index contributed by atoms with van der Waals surface area (Å²) in [5.41, 5.74) is 5.91. The van der Waals surface area contributed by atoms with E-state index in [0.29, 0.717) is 23.0 Å². The fraction of sp³-hybridized carbons (Fsp3) is 0.429. The molecule has 1 saturated carbocycles. The predicted molar refractivity (Wildman–Crippen MR) is 135 cm³/mol. The Bertz CT molecular complexity index is 1130. The predicted octanol–water partition coefficient (Wildman–Crippen LogP) is 4.80. The molecule has 0 aromatic heterocycles. The Labute approximate surface area is 201 Å². The first-order valence-corrected chi connectivity index (χ1v) is 12.4. The van der Waals surface area contributed by atoms with E-state index in [1.165, 1.54) is 17.5 Å². The van der Waals surface area contributed by atoms with Crippen molar-refractivity contribution in [2.75, 3.05) is 20.1 Å². The molecule has 1 N–H and O–H groups in total. The van der Waals surface area contributed by atoms with Gasteiger partial charge >= 0.3 is 0 Å². The number of amides is 2. The Morgan fingerprint density at radius 2 is 1.53 bits per heavy atom. The maximum atomic E-state index is 13.5. The molecule has 176 valence electrons. The summed E-state index contributed by atoms with van der Waals surface area (Å²) in [6, 6.07) is 12.6. The van der Waals surface area contributed by atoms with Crippen molar-refractivity contribution in [3.05, 3.63) is 69.8 Å². The molecule has 2 heterocycles. The number of carbonyl (C=O) groups is 2. The van der Waals surface area contributed by atoms with Crippen LogP contribution in [0.25, 0.3) is 0 Å². The van der Waals surface area contributed by atoms with Gasteiger partial charge < -0.3 is 10.2 Å². The van der Waals surface area contributed by atoms with Gasteiger partial charge in [-0.15, -0.1) is 0 Å². The number of hydrogen-bond donors (Lipinski definition) is 1. The van der Waals surface area contributed by atoms with Gasteiger partial charge in [0.25, 0.3) is 11.8 Å². The number of nitrogens with zero attached hydrogens (tertiary/aromatic N) is 3.